The Morgan fingerprint density at radius 1 is 1.36 bits per heavy atom. The number of carbonyl (C=O) groups excluding carboxylic acids is 1. The van der Waals surface area contributed by atoms with Crippen LogP contribution in [0.2, 0.25) is 0 Å². The number of carbonyl (C=O) groups is 1. The van der Waals surface area contributed by atoms with Crippen molar-refractivity contribution >= 4 is 15.9 Å². The van der Waals surface area contributed by atoms with Crippen LogP contribution < -0.4 is 5.14 Å². The number of hydrogen-bond donors (Lipinski definition) is 1. The van der Waals surface area contributed by atoms with Crippen molar-refractivity contribution in [2.75, 3.05) is 25.4 Å². The highest BCUT2D eigenvalue weighted by atomic mass is 32.2. The van der Waals surface area contributed by atoms with Crippen molar-refractivity contribution in [1.82, 2.24) is 4.90 Å². The van der Waals surface area contributed by atoms with Gasteiger partial charge in [0.25, 0.3) is 0 Å². The minimum atomic E-state index is -3.54. The summed E-state index contributed by atoms with van der Waals surface area (Å²) >= 11 is 0. The first-order valence-electron chi connectivity index (χ1n) is 7.00. The van der Waals surface area contributed by atoms with Gasteiger partial charge in [-0.25, -0.2) is 17.9 Å². The fraction of sp³-hybridized carbons (Fsp3) is 0.500. The summed E-state index contributed by atoms with van der Waals surface area (Å²) in [5.41, 5.74) is 0.809. The molecular formula is C14H19FN2O4S. The van der Waals surface area contributed by atoms with E-state index in [1.165, 1.54) is 12.1 Å². The van der Waals surface area contributed by atoms with Gasteiger partial charge in [-0.2, -0.15) is 0 Å². The molecule has 1 atom stereocenters. The molecule has 0 radical (unpaired) electrons. The lowest BCUT2D eigenvalue weighted by Gasteiger charge is -2.33. The third kappa shape index (κ3) is 5.04. The lowest BCUT2D eigenvalue weighted by Crippen LogP contribution is -2.42. The largest absolute Gasteiger partial charge is 0.370 e. The van der Waals surface area contributed by atoms with E-state index in [-0.39, 0.29) is 36.4 Å². The van der Waals surface area contributed by atoms with Gasteiger partial charge in [-0.15, -0.1) is 0 Å². The first-order chi connectivity index (χ1) is 10.3. The standard InChI is InChI=1S/C14H19FN2O4S/c15-12-5-3-11(4-6-12)13-10-17(7-8-21-13)14(18)2-1-9-22(16,19)20/h3-6,13H,1-2,7-10H2,(H2,16,19,20)/t13-/m1/s1. The topological polar surface area (TPSA) is 89.7 Å². The molecule has 0 unspecified atom stereocenters. The second-order valence-electron chi connectivity index (χ2n) is 5.22. The molecule has 2 N–H and O–H groups in total. The van der Waals surface area contributed by atoms with E-state index in [9.17, 15) is 17.6 Å². The predicted molar refractivity (Wildman–Crippen MR) is 78.9 cm³/mol. The van der Waals surface area contributed by atoms with Gasteiger partial charge in [-0.3, -0.25) is 4.79 Å². The van der Waals surface area contributed by atoms with Gasteiger partial charge in [-0.05, 0) is 24.1 Å². The molecule has 122 valence electrons. The third-order valence-corrected chi connectivity index (χ3v) is 4.34. The number of morpholine rings is 1. The molecule has 0 aromatic heterocycles. The normalized spacial score (nSPS) is 19.2. The molecule has 1 saturated heterocycles. The van der Waals surface area contributed by atoms with Gasteiger partial charge in [-0.1, -0.05) is 12.1 Å². The lowest BCUT2D eigenvalue weighted by atomic mass is 10.1. The summed E-state index contributed by atoms with van der Waals surface area (Å²) in [6, 6.07) is 5.97. The summed E-state index contributed by atoms with van der Waals surface area (Å²) in [5.74, 6) is -0.653. The summed E-state index contributed by atoms with van der Waals surface area (Å²) in [7, 11) is -3.54. The van der Waals surface area contributed by atoms with E-state index in [1.54, 1.807) is 17.0 Å². The number of halogens is 1. The number of nitrogens with two attached hydrogens (primary N) is 1. The molecule has 1 aromatic carbocycles. The predicted octanol–water partition coefficient (Wildman–Crippen LogP) is 0.794. The average Bonchev–Trinajstić information content (AvgIpc) is 2.47. The van der Waals surface area contributed by atoms with Crippen LogP contribution >= 0.6 is 0 Å². The number of benzene rings is 1. The van der Waals surface area contributed by atoms with Crippen molar-refractivity contribution in [3.05, 3.63) is 35.6 Å². The fourth-order valence-corrected chi connectivity index (χ4v) is 2.88. The number of sulfonamides is 1. The summed E-state index contributed by atoms with van der Waals surface area (Å²) in [4.78, 5) is 13.7. The zero-order valence-corrected chi connectivity index (χ0v) is 12.9. The smallest absolute Gasteiger partial charge is 0.222 e. The van der Waals surface area contributed by atoms with E-state index in [4.69, 9.17) is 9.88 Å². The Bertz CT molecular complexity index is 618. The van der Waals surface area contributed by atoms with E-state index in [1.807, 2.05) is 0 Å². The quantitative estimate of drug-likeness (QED) is 0.864. The molecule has 2 rings (SSSR count). The van der Waals surface area contributed by atoms with Gasteiger partial charge >= 0.3 is 0 Å². The minimum absolute atomic E-state index is 0.126. The highest BCUT2D eigenvalue weighted by molar-refractivity contribution is 7.89. The van der Waals surface area contributed by atoms with Gasteiger partial charge in [0, 0.05) is 13.0 Å². The van der Waals surface area contributed by atoms with E-state index in [2.05, 4.69) is 0 Å². The van der Waals surface area contributed by atoms with Crippen LogP contribution in [0.5, 0.6) is 0 Å². The van der Waals surface area contributed by atoms with Gasteiger partial charge in [0.2, 0.25) is 15.9 Å². The van der Waals surface area contributed by atoms with E-state index in [0.29, 0.717) is 19.7 Å². The molecule has 1 aromatic rings. The van der Waals surface area contributed by atoms with Crippen LogP contribution in [0.15, 0.2) is 24.3 Å². The summed E-state index contributed by atoms with van der Waals surface area (Å²) < 4.78 is 40.3. The maximum absolute atomic E-state index is 12.9. The number of nitrogens with zero attached hydrogens (tertiary/aromatic N) is 1. The Morgan fingerprint density at radius 3 is 2.68 bits per heavy atom. The number of primary sulfonamides is 1. The molecule has 0 spiro atoms. The van der Waals surface area contributed by atoms with E-state index < -0.39 is 10.0 Å². The van der Waals surface area contributed by atoms with Crippen LogP contribution in [0.1, 0.15) is 24.5 Å². The van der Waals surface area contributed by atoms with Crippen molar-refractivity contribution in [2.24, 2.45) is 5.14 Å². The van der Waals surface area contributed by atoms with Crippen LogP contribution in [0.4, 0.5) is 4.39 Å². The first-order valence-corrected chi connectivity index (χ1v) is 8.72. The van der Waals surface area contributed by atoms with Crippen molar-refractivity contribution in [3.63, 3.8) is 0 Å². The molecule has 0 aliphatic carbocycles. The Labute approximate surface area is 129 Å². The van der Waals surface area contributed by atoms with Gasteiger partial charge in [0.15, 0.2) is 0 Å². The highest BCUT2D eigenvalue weighted by Crippen LogP contribution is 2.23. The Kier molecular flexibility index (Phi) is 5.49. The van der Waals surface area contributed by atoms with E-state index in [0.717, 1.165) is 5.56 Å². The van der Waals surface area contributed by atoms with Crippen LogP contribution in [0.25, 0.3) is 0 Å². The second kappa shape index (κ2) is 7.17. The fourth-order valence-electron chi connectivity index (χ4n) is 2.34. The van der Waals surface area contributed by atoms with Crippen molar-refractivity contribution in [2.45, 2.75) is 18.9 Å². The zero-order chi connectivity index (χ0) is 16.2. The molecule has 1 aliphatic rings. The number of rotatable bonds is 5. The van der Waals surface area contributed by atoms with Gasteiger partial charge in [0.1, 0.15) is 11.9 Å². The molecular weight excluding hydrogens is 311 g/mol. The van der Waals surface area contributed by atoms with Crippen LogP contribution in [-0.4, -0.2) is 44.7 Å². The average molecular weight is 330 g/mol. The molecule has 1 amide bonds. The number of ether oxygens (including phenoxy) is 1. The molecule has 1 heterocycles. The van der Waals surface area contributed by atoms with Crippen LogP contribution in [0, 0.1) is 5.82 Å². The minimum Gasteiger partial charge on any atom is -0.370 e. The lowest BCUT2D eigenvalue weighted by molar-refractivity contribution is -0.139. The Morgan fingerprint density at radius 2 is 2.05 bits per heavy atom. The van der Waals surface area contributed by atoms with Crippen molar-refractivity contribution in [1.29, 1.82) is 0 Å². The SMILES string of the molecule is NS(=O)(=O)CCCC(=O)N1CCO[C@@H](c2ccc(F)cc2)C1. The zero-order valence-electron chi connectivity index (χ0n) is 12.1. The summed E-state index contributed by atoms with van der Waals surface area (Å²) in [6.07, 6.45) is 0.0412. The molecule has 6 nitrogen and oxygen atoms in total. The number of amides is 1. The molecule has 8 heteroatoms. The molecule has 1 aliphatic heterocycles. The van der Waals surface area contributed by atoms with Crippen molar-refractivity contribution < 1.29 is 22.3 Å². The Balaban J connectivity index is 1.89. The molecule has 1 fully saturated rings. The van der Waals surface area contributed by atoms with Crippen molar-refractivity contribution in [3.8, 4) is 0 Å². The number of hydrogen-bond acceptors (Lipinski definition) is 4. The third-order valence-electron chi connectivity index (χ3n) is 3.48. The second-order valence-corrected chi connectivity index (χ2v) is 6.96. The summed E-state index contributed by atoms with van der Waals surface area (Å²) in [5, 5.41) is 4.91. The van der Waals surface area contributed by atoms with Gasteiger partial charge < -0.3 is 9.64 Å². The monoisotopic (exact) mass is 330 g/mol. The van der Waals surface area contributed by atoms with E-state index >= 15 is 0 Å². The molecule has 22 heavy (non-hydrogen) atoms. The Hall–Kier alpha value is -1.51. The molecule has 0 bridgehead atoms. The highest BCUT2D eigenvalue weighted by Gasteiger charge is 2.25. The first kappa shape index (κ1) is 16.9. The van der Waals surface area contributed by atoms with Crippen LogP contribution in [0.3, 0.4) is 0 Å². The van der Waals surface area contributed by atoms with Gasteiger partial charge in [0.05, 0.1) is 18.9 Å². The summed E-state index contributed by atoms with van der Waals surface area (Å²) in [6.45, 7) is 1.23. The maximum atomic E-state index is 12.9. The molecule has 0 saturated carbocycles. The van der Waals surface area contributed by atoms with Crippen LogP contribution in [-0.2, 0) is 19.6 Å². The maximum Gasteiger partial charge on any atom is 0.222 e.